The van der Waals surface area contributed by atoms with E-state index in [2.05, 4.69) is 25.4 Å². The number of pyridine rings is 1. The van der Waals surface area contributed by atoms with Crippen molar-refractivity contribution < 1.29 is 27.8 Å². The second-order valence-corrected chi connectivity index (χ2v) is 10.6. The van der Waals surface area contributed by atoms with Gasteiger partial charge in [-0.15, -0.1) is 0 Å². The molecule has 0 saturated carbocycles. The Labute approximate surface area is 240 Å². The van der Waals surface area contributed by atoms with Gasteiger partial charge >= 0.3 is 6.09 Å². The van der Waals surface area contributed by atoms with Gasteiger partial charge in [0.15, 0.2) is 11.6 Å². The zero-order chi connectivity index (χ0) is 30.0. The molecule has 1 aliphatic rings. The van der Waals surface area contributed by atoms with Gasteiger partial charge in [0.05, 0.1) is 24.4 Å². The number of amides is 1. The number of nitrogens with zero attached hydrogens (tertiary/aromatic N) is 4. The average molecular weight is 581 g/mol. The van der Waals surface area contributed by atoms with Crippen LogP contribution in [0.5, 0.6) is 17.4 Å². The molecule has 1 saturated heterocycles. The number of rotatable bonds is 6. The largest absolute Gasteiger partial charge is 0.494 e. The Kier molecular flexibility index (Phi) is 7.83. The van der Waals surface area contributed by atoms with Crippen molar-refractivity contribution in [3.8, 4) is 17.4 Å². The molecule has 0 atom stereocenters. The van der Waals surface area contributed by atoms with E-state index < -0.39 is 22.8 Å². The van der Waals surface area contributed by atoms with Gasteiger partial charge in [-0.3, -0.25) is 4.79 Å². The molecule has 4 aromatic rings. The number of methoxy groups -OCH3 is 1. The van der Waals surface area contributed by atoms with Gasteiger partial charge in [0.25, 0.3) is 5.56 Å². The van der Waals surface area contributed by atoms with E-state index in [1.54, 1.807) is 11.0 Å². The van der Waals surface area contributed by atoms with Crippen LogP contribution in [0.25, 0.3) is 10.8 Å². The minimum Gasteiger partial charge on any atom is -0.494 e. The van der Waals surface area contributed by atoms with Crippen LogP contribution < -0.4 is 25.2 Å². The molecule has 5 rings (SSSR count). The number of fused-ring (bicyclic) bond motifs is 1. The number of halogens is 2. The number of piperazine rings is 1. The Bertz CT molecular complexity index is 1680. The van der Waals surface area contributed by atoms with Crippen molar-refractivity contribution in [1.82, 2.24) is 20.1 Å². The van der Waals surface area contributed by atoms with Crippen LogP contribution >= 0.6 is 0 Å². The van der Waals surface area contributed by atoms with Crippen LogP contribution in [-0.4, -0.2) is 65.1 Å². The van der Waals surface area contributed by atoms with Crippen LogP contribution in [0.4, 0.5) is 30.8 Å². The van der Waals surface area contributed by atoms with Crippen molar-refractivity contribution in [3.63, 3.8) is 0 Å². The van der Waals surface area contributed by atoms with E-state index in [-0.39, 0.29) is 28.9 Å². The minimum atomic E-state index is -1.16. The van der Waals surface area contributed by atoms with E-state index in [4.69, 9.17) is 14.2 Å². The molecular weight excluding hydrogens is 550 g/mol. The highest BCUT2D eigenvalue weighted by atomic mass is 19.2. The molecule has 42 heavy (non-hydrogen) atoms. The summed E-state index contributed by atoms with van der Waals surface area (Å²) < 4.78 is 44.7. The maximum atomic E-state index is 14.3. The van der Waals surface area contributed by atoms with E-state index in [9.17, 15) is 18.4 Å². The molecule has 3 heterocycles. The van der Waals surface area contributed by atoms with Crippen molar-refractivity contribution in [2.45, 2.75) is 26.4 Å². The SMILES string of the molecule is COc1cc(N2CCN(C(=O)OC(C)(C)C)CC2)ccc1Nc1nc(Oc2cccc(F)c2F)cc2cn[nH]c(=O)c12. The normalized spacial score (nSPS) is 13.7. The first kappa shape index (κ1) is 28.6. The van der Waals surface area contributed by atoms with Crippen molar-refractivity contribution in [1.29, 1.82) is 0 Å². The Morgan fingerprint density at radius 3 is 2.52 bits per heavy atom. The molecule has 1 fully saturated rings. The molecule has 11 nitrogen and oxygen atoms in total. The second kappa shape index (κ2) is 11.5. The molecule has 13 heteroatoms. The summed E-state index contributed by atoms with van der Waals surface area (Å²) >= 11 is 0. The van der Waals surface area contributed by atoms with Crippen LogP contribution in [0.1, 0.15) is 20.8 Å². The third-order valence-corrected chi connectivity index (χ3v) is 6.49. The molecule has 0 spiro atoms. The van der Waals surface area contributed by atoms with E-state index in [0.717, 1.165) is 11.8 Å². The lowest BCUT2D eigenvalue weighted by Gasteiger charge is -2.37. The third-order valence-electron chi connectivity index (χ3n) is 6.49. The first-order chi connectivity index (χ1) is 20.0. The smallest absolute Gasteiger partial charge is 0.410 e. The Morgan fingerprint density at radius 1 is 1.05 bits per heavy atom. The molecule has 2 N–H and O–H groups in total. The quantitative estimate of drug-likeness (QED) is 0.317. The number of hydrogen-bond acceptors (Lipinski definition) is 9. The lowest BCUT2D eigenvalue weighted by molar-refractivity contribution is 0.0240. The van der Waals surface area contributed by atoms with Gasteiger partial charge in [0, 0.05) is 49.4 Å². The van der Waals surface area contributed by atoms with E-state index in [1.807, 2.05) is 32.9 Å². The first-order valence-electron chi connectivity index (χ1n) is 13.2. The highest BCUT2D eigenvalue weighted by molar-refractivity contribution is 5.93. The monoisotopic (exact) mass is 580 g/mol. The highest BCUT2D eigenvalue weighted by Gasteiger charge is 2.26. The van der Waals surface area contributed by atoms with Crippen LogP contribution in [0, 0.1) is 11.6 Å². The Balaban J connectivity index is 1.40. The van der Waals surface area contributed by atoms with Crippen molar-refractivity contribution >= 4 is 34.1 Å². The molecule has 220 valence electrons. The number of aromatic nitrogens is 3. The zero-order valence-electron chi connectivity index (χ0n) is 23.5. The van der Waals surface area contributed by atoms with Gasteiger partial charge in [-0.1, -0.05) is 6.07 Å². The summed E-state index contributed by atoms with van der Waals surface area (Å²) in [7, 11) is 1.51. The molecule has 1 amide bonds. The standard InChI is InChI=1S/C29H30F2N6O5/c1-29(2,3)42-28(39)37-12-10-36(11-13-37)18-8-9-20(22(15-18)40-4)33-26-24-17(16-32-35-27(24)38)14-23(34-26)41-21-7-5-6-19(30)25(21)31/h5-9,14-16H,10-13H2,1-4H3,(H,33,34)(H,35,38). The second-order valence-electron chi connectivity index (χ2n) is 10.6. The summed E-state index contributed by atoms with van der Waals surface area (Å²) in [5.41, 5.74) is 0.296. The molecule has 1 aliphatic heterocycles. The zero-order valence-corrected chi connectivity index (χ0v) is 23.5. The lowest BCUT2D eigenvalue weighted by atomic mass is 10.2. The van der Waals surface area contributed by atoms with Gasteiger partial charge in [0.2, 0.25) is 11.7 Å². The summed E-state index contributed by atoms with van der Waals surface area (Å²) in [6, 6.07) is 10.4. The van der Waals surface area contributed by atoms with Gasteiger partial charge < -0.3 is 29.3 Å². The predicted molar refractivity (Wildman–Crippen MR) is 153 cm³/mol. The molecular formula is C29H30F2N6O5. The van der Waals surface area contributed by atoms with Crippen LogP contribution in [-0.2, 0) is 4.74 Å². The Morgan fingerprint density at radius 2 is 1.81 bits per heavy atom. The fourth-order valence-corrected chi connectivity index (χ4v) is 4.50. The predicted octanol–water partition coefficient (Wildman–Crippen LogP) is 5.20. The summed E-state index contributed by atoms with van der Waals surface area (Å²) in [6.07, 6.45) is 1.06. The van der Waals surface area contributed by atoms with Crippen molar-refractivity contribution in [2.24, 2.45) is 0 Å². The van der Waals surface area contributed by atoms with E-state index in [0.29, 0.717) is 43.0 Å². The summed E-state index contributed by atoms with van der Waals surface area (Å²) in [4.78, 5) is 33.3. The van der Waals surface area contributed by atoms with Crippen molar-refractivity contribution in [2.75, 3.05) is 43.5 Å². The summed E-state index contributed by atoms with van der Waals surface area (Å²) in [5.74, 6) is -2.12. The van der Waals surface area contributed by atoms with Gasteiger partial charge in [0.1, 0.15) is 17.2 Å². The topological polar surface area (TPSA) is 122 Å². The van der Waals surface area contributed by atoms with Crippen LogP contribution in [0.2, 0.25) is 0 Å². The fraction of sp³-hybridized carbons (Fsp3) is 0.310. The highest BCUT2D eigenvalue weighted by Crippen LogP contribution is 2.35. The number of carbonyl (C=O) groups is 1. The number of ether oxygens (including phenoxy) is 3. The number of nitrogens with one attached hydrogen (secondary N) is 2. The van der Waals surface area contributed by atoms with Crippen LogP contribution in [0.3, 0.4) is 0 Å². The van der Waals surface area contributed by atoms with Gasteiger partial charge in [-0.25, -0.2) is 14.3 Å². The molecule has 2 aromatic carbocycles. The number of carbonyl (C=O) groups excluding carboxylic acids is 1. The molecule has 0 aliphatic carbocycles. The maximum Gasteiger partial charge on any atom is 0.410 e. The lowest BCUT2D eigenvalue weighted by Crippen LogP contribution is -2.50. The maximum absolute atomic E-state index is 14.3. The average Bonchev–Trinajstić information content (AvgIpc) is 2.95. The van der Waals surface area contributed by atoms with Gasteiger partial charge in [-0.05, 0) is 45.0 Å². The number of aromatic amines is 1. The van der Waals surface area contributed by atoms with Gasteiger partial charge in [-0.2, -0.15) is 14.5 Å². The molecule has 0 radical (unpaired) electrons. The fourth-order valence-electron chi connectivity index (χ4n) is 4.50. The number of hydrogen-bond donors (Lipinski definition) is 2. The minimum absolute atomic E-state index is 0.0830. The number of anilines is 3. The molecule has 0 unspecified atom stereocenters. The Hall–Kier alpha value is -4.94. The number of H-pyrrole nitrogens is 1. The third kappa shape index (κ3) is 6.19. The number of benzene rings is 2. The summed E-state index contributed by atoms with van der Waals surface area (Å²) in [6.45, 7) is 7.70. The molecule has 2 aromatic heterocycles. The summed E-state index contributed by atoms with van der Waals surface area (Å²) in [5, 5.41) is 9.86. The van der Waals surface area contributed by atoms with E-state index >= 15 is 0 Å². The first-order valence-corrected chi connectivity index (χ1v) is 13.2. The van der Waals surface area contributed by atoms with Crippen LogP contribution in [0.15, 0.2) is 53.5 Å². The van der Waals surface area contributed by atoms with Crippen molar-refractivity contribution in [3.05, 3.63) is 70.6 Å². The molecule has 0 bridgehead atoms. The van der Waals surface area contributed by atoms with E-state index in [1.165, 1.54) is 31.5 Å².